The lowest BCUT2D eigenvalue weighted by Gasteiger charge is -2.18. The number of hydrogen-bond donors (Lipinski definition) is 1. The van der Waals surface area contributed by atoms with Crippen LogP contribution in [0.25, 0.3) is 0 Å². The number of para-hydroxylation sites is 1. The summed E-state index contributed by atoms with van der Waals surface area (Å²) in [5, 5.41) is 0. The minimum atomic E-state index is 0.162. The van der Waals surface area contributed by atoms with Gasteiger partial charge in [-0.1, -0.05) is 12.1 Å². The number of ether oxygens (including phenoxy) is 1. The summed E-state index contributed by atoms with van der Waals surface area (Å²) in [5.74, 6) is 0.997. The van der Waals surface area contributed by atoms with Crippen LogP contribution in [0, 0.1) is 0 Å². The van der Waals surface area contributed by atoms with Crippen molar-refractivity contribution in [3.8, 4) is 5.75 Å². The second-order valence-corrected chi connectivity index (χ2v) is 5.79. The number of rotatable bonds is 4. The first kappa shape index (κ1) is 12.9. The Bertz CT molecular complexity index is 372. The molecule has 1 aliphatic rings. The molecular formula is C14H20BrNO. The van der Waals surface area contributed by atoms with E-state index >= 15 is 0 Å². The monoisotopic (exact) mass is 297 g/mol. The zero-order valence-corrected chi connectivity index (χ0v) is 11.9. The van der Waals surface area contributed by atoms with Crippen molar-refractivity contribution in [2.45, 2.75) is 51.2 Å². The molecule has 3 heteroatoms. The van der Waals surface area contributed by atoms with E-state index in [4.69, 9.17) is 10.5 Å². The minimum absolute atomic E-state index is 0.162. The molecule has 0 spiro atoms. The first-order chi connectivity index (χ1) is 8.16. The summed E-state index contributed by atoms with van der Waals surface area (Å²) in [6, 6.07) is 6.35. The van der Waals surface area contributed by atoms with Crippen molar-refractivity contribution in [3.05, 3.63) is 28.2 Å². The van der Waals surface area contributed by atoms with Crippen molar-refractivity contribution >= 4 is 15.9 Å². The van der Waals surface area contributed by atoms with Crippen molar-refractivity contribution in [1.82, 2.24) is 0 Å². The van der Waals surface area contributed by atoms with E-state index in [0.717, 1.165) is 16.6 Å². The molecule has 0 amide bonds. The summed E-state index contributed by atoms with van der Waals surface area (Å²) in [5.41, 5.74) is 7.09. The Hall–Kier alpha value is -0.540. The largest absolute Gasteiger partial charge is 0.489 e. The molecule has 2 nitrogen and oxygen atoms in total. The van der Waals surface area contributed by atoms with Crippen LogP contribution in [-0.4, -0.2) is 12.1 Å². The fourth-order valence-electron chi connectivity index (χ4n) is 2.37. The van der Waals surface area contributed by atoms with Gasteiger partial charge in [-0.05, 0) is 66.6 Å². The molecule has 0 heterocycles. The van der Waals surface area contributed by atoms with Gasteiger partial charge in [0, 0.05) is 6.04 Å². The third kappa shape index (κ3) is 3.46. The normalized spacial score (nSPS) is 18.3. The molecule has 2 N–H and O–H groups in total. The van der Waals surface area contributed by atoms with Crippen LogP contribution in [0.15, 0.2) is 22.7 Å². The molecule has 1 atom stereocenters. The summed E-state index contributed by atoms with van der Waals surface area (Å²) in [6.45, 7) is 2.03. The summed E-state index contributed by atoms with van der Waals surface area (Å²) < 4.78 is 7.18. The molecule has 1 aromatic carbocycles. The molecule has 17 heavy (non-hydrogen) atoms. The van der Waals surface area contributed by atoms with Crippen LogP contribution in [0.3, 0.4) is 0 Å². The van der Waals surface area contributed by atoms with Gasteiger partial charge >= 0.3 is 0 Å². The van der Waals surface area contributed by atoms with Crippen molar-refractivity contribution in [2.75, 3.05) is 0 Å². The highest BCUT2D eigenvalue weighted by atomic mass is 79.9. The van der Waals surface area contributed by atoms with Crippen molar-refractivity contribution in [1.29, 1.82) is 0 Å². The lowest BCUT2D eigenvalue weighted by Crippen LogP contribution is -2.19. The Kier molecular flexibility index (Phi) is 4.46. The standard InChI is InChI=1S/C14H20BrNO/c1-10(16)9-11-5-4-8-13(15)14(11)17-12-6-2-3-7-12/h4-5,8,10,12H,2-3,6-7,9,16H2,1H3. The van der Waals surface area contributed by atoms with Gasteiger partial charge in [0.25, 0.3) is 0 Å². The van der Waals surface area contributed by atoms with E-state index in [9.17, 15) is 0 Å². The fraction of sp³-hybridized carbons (Fsp3) is 0.571. The average molecular weight is 298 g/mol. The maximum absolute atomic E-state index is 6.14. The molecule has 1 aromatic rings. The van der Waals surface area contributed by atoms with Crippen LogP contribution < -0.4 is 10.5 Å². The van der Waals surface area contributed by atoms with E-state index in [1.165, 1.54) is 31.2 Å². The highest BCUT2D eigenvalue weighted by Crippen LogP contribution is 2.33. The summed E-state index contributed by atoms with van der Waals surface area (Å²) in [7, 11) is 0. The van der Waals surface area contributed by atoms with Crippen molar-refractivity contribution in [2.24, 2.45) is 5.73 Å². The lowest BCUT2D eigenvalue weighted by molar-refractivity contribution is 0.206. The summed E-state index contributed by atoms with van der Waals surface area (Å²) in [6.07, 6.45) is 6.19. The van der Waals surface area contributed by atoms with Crippen molar-refractivity contribution < 1.29 is 4.74 Å². The maximum Gasteiger partial charge on any atom is 0.137 e. The second kappa shape index (κ2) is 5.87. The molecule has 1 aliphatic carbocycles. The molecule has 1 saturated carbocycles. The number of halogens is 1. The van der Waals surface area contributed by atoms with E-state index in [0.29, 0.717) is 6.10 Å². The third-order valence-electron chi connectivity index (χ3n) is 3.18. The van der Waals surface area contributed by atoms with Gasteiger partial charge in [-0.2, -0.15) is 0 Å². The highest BCUT2D eigenvalue weighted by Gasteiger charge is 2.19. The average Bonchev–Trinajstić information content (AvgIpc) is 2.75. The molecule has 1 unspecified atom stereocenters. The Labute approximate surface area is 112 Å². The van der Waals surface area contributed by atoms with Gasteiger partial charge in [0.15, 0.2) is 0 Å². The predicted octanol–water partition coefficient (Wildman–Crippen LogP) is 3.66. The van der Waals surface area contributed by atoms with Gasteiger partial charge in [-0.15, -0.1) is 0 Å². The number of nitrogens with two attached hydrogens (primary N) is 1. The number of benzene rings is 1. The van der Waals surface area contributed by atoms with Gasteiger partial charge in [0.05, 0.1) is 10.6 Å². The molecule has 1 fully saturated rings. The molecule has 0 bridgehead atoms. The van der Waals surface area contributed by atoms with Crippen LogP contribution in [0.2, 0.25) is 0 Å². The molecular weight excluding hydrogens is 278 g/mol. The van der Waals surface area contributed by atoms with E-state index in [-0.39, 0.29) is 6.04 Å². The van der Waals surface area contributed by atoms with Gasteiger partial charge in [-0.25, -0.2) is 0 Å². The quantitative estimate of drug-likeness (QED) is 0.920. The van der Waals surface area contributed by atoms with Crippen LogP contribution >= 0.6 is 15.9 Å². The molecule has 94 valence electrons. The van der Waals surface area contributed by atoms with Gasteiger partial charge in [0.1, 0.15) is 5.75 Å². The molecule has 2 rings (SSSR count). The Morgan fingerprint density at radius 3 is 2.76 bits per heavy atom. The zero-order chi connectivity index (χ0) is 12.3. The molecule has 0 saturated heterocycles. The van der Waals surface area contributed by atoms with Gasteiger partial charge in [0.2, 0.25) is 0 Å². The lowest BCUT2D eigenvalue weighted by atomic mass is 10.1. The van der Waals surface area contributed by atoms with E-state index in [2.05, 4.69) is 22.0 Å². The summed E-state index contributed by atoms with van der Waals surface area (Å²) >= 11 is 3.58. The molecule has 0 aromatic heterocycles. The Morgan fingerprint density at radius 2 is 2.12 bits per heavy atom. The van der Waals surface area contributed by atoms with Crippen LogP contribution in [-0.2, 0) is 6.42 Å². The summed E-state index contributed by atoms with van der Waals surface area (Å²) in [4.78, 5) is 0. The van der Waals surface area contributed by atoms with Crippen LogP contribution in [0.4, 0.5) is 0 Å². The third-order valence-corrected chi connectivity index (χ3v) is 3.80. The first-order valence-electron chi connectivity index (χ1n) is 6.36. The number of hydrogen-bond acceptors (Lipinski definition) is 2. The SMILES string of the molecule is CC(N)Cc1cccc(Br)c1OC1CCCC1. The van der Waals surface area contributed by atoms with E-state index < -0.39 is 0 Å². The second-order valence-electron chi connectivity index (χ2n) is 4.93. The molecule has 0 radical (unpaired) electrons. The van der Waals surface area contributed by atoms with Gasteiger partial charge in [-0.3, -0.25) is 0 Å². The maximum atomic E-state index is 6.14. The van der Waals surface area contributed by atoms with Gasteiger partial charge < -0.3 is 10.5 Å². The smallest absolute Gasteiger partial charge is 0.137 e. The minimum Gasteiger partial charge on any atom is -0.489 e. The highest BCUT2D eigenvalue weighted by molar-refractivity contribution is 9.10. The van der Waals surface area contributed by atoms with E-state index in [1.54, 1.807) is 0 Å². The van der Waals surface area contributed by atoms with Crippen LogP contribution in [0.1, 0.15) is 38.2 Å². The van der Waals surface area contributed by atoms with Crippen LogP contribution in [0.5, 0.6) is 5.75 Å². The Balaban J connectivity index is 2.17. The zero-order valence-electron chi connectivity index (χ0n) is 10.3. The predicted molar refractivity (Wildman–Crippen MR) is 74.4 cm³/mol. The first-order valence-corrected chi connectivity index (χ1v) is 7.15. The topological polar surface area (TPSA) is 35.2 Å². The fourth-order valence-corrected chi connectivity index (χ4v) is 2.87. The van der Waals surface area contributed by atoms with Crippen molar-refractivity contribution in [3.63, 3.8) is 0 Å². The van der Waals surface area contributed by atoms with E-state index in [1.807, 2.05) is 19.1 Å². The molecule has 0 aliphatic heterocycles. The Morgan fingerprint density at radius 1 is 1.41 bits per heavy atom.